The molecule has 1 radical (unpaired) electrons. The van der Waals surface area contributed by atoms with E-state index in [1.54, 1.807) is 12.1 Å². The summed E-state index contributed by atoms with van der Waals surface area (Å²) in [7, 11) is 0. The van der Waals surface area contributed by atoms with Gasteiger partial charge in [-0.3, -0.25) is 0 Å². The van der Waals surface area contributed by atoms with E-state index in [-0.39, 0.29) is 31.2 Å². The van der Waals surface area contributed by atoms with Crippen molar-refractivity contribution in [1.82, 2.24) is 9.97 Å². The molecule has 0 bridgehead atoms. The van der Waals surface area contributed by atoms with E-state index in [1.807, 2.05) is 69.4 Å². The standard InChI is InChI=1S/C32H26NO.C13H12N.Ir/c1-32(2,3)20-21-8-10-22(11-9-21)25-14-15-33-29(18-25)26-12-13-30-27(17-26)28-16-23-6-4-5-7-24(23)19-31(28)34-30;1-10-3-6-12(7-4-10)13-8-5-11(2)9-14-13;/h4-11,13-19H,20H2,1-3H3;3-6,8-9H,1-2H3;/q2*-1;/i20D2;1D3,2D3;. The first-order valence-corrected chi connectivity index (χ1v) is 15.7. The number of aryl methyl sites for hydroxylation is 2. The van der Waals surface area contributed by atoms with Crippen molar-refractivity contribution in [3.63, 3.8) is 0 Å². The minimum atomic E-state index is -2.18. The molecule has 0 fully saturated rings. The normalized spacial score (nSPS) is 14.5. The van der Waals surface area contributed by atoms with Gasteiger partial charge in [0.2, 0.25) is 0 Å². The number of nitrogens with zero attached hydrogens (tertiary/aromatic N) is 2. The maximum Gasteiger partial charge on any atom is 0.121 e. The maximum absolute atomic E-state index is 8.54. The third kappa shape index (κ3) is 7.89. The van der Waals surface area contributed by atoms with Crippen LogP contribution in [-0.2, 0) is 26.5 Å². The van der Waals surface area contributed by atoms with Crippen LogP contribution in [0.4, 0.5) is 0 Å². The van der Waals surface area contributed by atoms with Gasteiger partial charge < -0.3 is 14.4 Å². The van der Waals surface area contributed by atoms with Crippen molar-refractivity contribution in [1.29, 1.82) is 0 Å². The fraction of sp³-hybridized carbons (Fsp3) is 0.156. The number of benzene rings is 5. The molecule has 0 N–H and O–H groups in total. The number of fused-ring (bicyclic) bond motifs is 4. The van der Waals surface area contributed by atoms with Gasteiger partial charge >= 0.3 is 0 Å². The molecule has 0 aliphatic heterocycles. The van der Waals surface area contributed by atoms with Crippen LogP contribution in [0.15, 0.2) is 132 Å². The van der Waals surface area contributed by atoms with E-state index in [0.29, 0.717) is 16.8 Å². The van der Waals surface area contributed by atoms with Gasteiger partial charge in [-0.2, -0.15) is 0 Å². The van der Waals surface area contributed by atoms with Gasteiger partial charge in [0.05, 0.1) is 5.58 Å². The summed E-state index contributed by atoms with van der Waals surface area (Å²) in [6, 6.07) is 42.2. The predicted octanol–water partition coefficient (Wildman–Crippen LogP) is 12.0. The third-order valence-corrected chi connectivity index (χ3v) is 7.90. The zero-order chi connectivity index (χ0) is 40.0. The number of pyridine rings is 2. The topological polar surface area (TPSA) is 38.9 Å². The predicted molar refractivity (Wildman–Crippen MR) is 200 cm³/mol. The zero-order valence-corrected chi connectivity index (χ0v) is 29.7. The molecule has 0 aliphatic carbocycles. The van der Waals surface area contributed by atoms with Crippen molar-refractivity contribution in [2.24, 2.45) is 5.41 Å². The van der Waals surface area contributed by atoms with E-state index in [0.717, 1.165) is 49.7 Å². The summed E-state index contributed by atoms with van der Waals surface area (Å²) in [5, 5.41) is 4.47. The zero-order valence-electron chi connectivity index (χ0n) is 35.3. The van der Waals surface area contributed by atoms with Crippen molar-refractivity contribution >= 4 is 32.7 Å². The van der Waals surface area contributed by atoms with Crippen LogP contribution in [0, 0.1) is 31.3 Å². The molecule has 0 spiro atoms. The molecule has 0 atom stereocenters. The number of hydrogen-bond donors (Lipinski definition) is 0. The molecule has 8 aromatic rings. The smallest absolute Gasteiger partial charge is 0.121 e. The third-order valence-electron chi connectivity index (χ3n) is 7.90. The molecule has 4 heteroatoms. The minimum Gasteiger partial charge on any atom is -0.500 e. The average Bonchev–Trinajstić information content (AvgIpc) is 3.53. The van der Waals surface area contributed by atoms with Crippen molar-refractivity contribution in [3.05, 3.63) is 156 Å². The SMILES string of the molecule is [2H]C([2H])([2H])c1c[c-]c(-c2ccc(C([2H])([2H])[2H])cn2)cc1.[2H]C([2H])(c1ccc(-c2ccnc(-c3[c-]cc4oc5cc6ccccc6cc5c4c3)c2)cc1)C(C)(C)C.[Ir]. The summed E-state index contributed by atoms with van der Waals surface area (Å²) in [6.45, 7) is 1.44. The molecule has 49 heavy (non-hydrogen) atoms. The molecule has 0 saturated carbocycles. The van der Waals surface area contributed by atoms with Crippen LogP contribution in [-0.4, -0.2) is 9.97 Å². The van der Waals surface area contributed by atoms with Crippen LogP contribution in [0.5, 0.6) is 0 Å². The summed E-state index contributed by atoms with van der Waals surface area (Å²) < 4.78 is 66.8. The second kappa shape index (κ2) is 14.3. The molecule has 5 aromatic carbocycles. The second-order valence-electron chi connectivity index (χ2n) is 12.7. The van der Waals surface area contributed by atoms with Crippen LogP contribution in [0.1, 0.15) is 48.4 Å². The van der Waals surface area contributed by atoms with Gasteiger partial charge in [0.25, 0.3) is 0 Å². The first-order chi connectivity index (χ1) is 26.4. The number of aromatic nitrogens is 2. The van der Waals surface area contributed by atoms with Crippen LogP contribution in [0.2, 0.25) is 0 Å². The maximum atomic E-state index is 8.54. The van der Waals surface area contributed by atoms with E-state index in [1.165, 1.54) is 29.8 Å². The molecule has 8 rings (SSSR count). The molecular formula is C45H38IrN2O-2. The second-order valence-corrected chi connectivity index (χ2v) is 12.7. The molecule has 245 valence electrons. The average molecular weight is 823 g/mol. The molecule has 0 saturated heterocycles. The Labute approximate surface area is 313 Å². The van der Waals surface area contributed by atoms with Crippen molar-refractivity contribution in [2.45, 2.75) is 40.8 Å². The van der Waals surface area contributed by atoms with Gasteiger partial charge in [0.1, 0.15) is 5.58 Å². The molecule has 0 amide bonds. The Kier molecular flexibility index (Phi) is 7.34. The van der Waals surface area contributed by atoms with E-state index >= 15 is 0 Å². The number of rotatable bonds is 4. The monoisotopic (exact) mass is 823 g/mol. The minimum absolute atomic E-state index is 0. The summed E-state index contributed by atoms with van der Waals surface area (Å²) in [4.78, 5) is 8.70. The van der Waals surface area contributed by atoms with Gasteiger partial charge in [-0.15, -0.1) is 59.2 Å². The van der Waals surface area contributed by atoms with Gasteiger partial charge in [-0.05, 0) is 81.3 Å². The molecular weight excluding hydrogens is 777 g/mol. The van der Waals surface area contributed by atoms with Crippen molar-refractivity contribution < 1.29 is 35.5 Å². The first kappa shape index (κ1) is 25.1. The fourth-order valence-corrected chi connectivity index (χ4v) is 5.63. The van der Waals surface area contributed by atoms with Crippen LogP contribution in [0.3, 0.4) is 0 Å². The van der Waals surface area contributed by atoms with E-state index in [2.05, 4.69) is 64.6 Å². The Morgan fingerprint density at radius 2 is 1.41 bits per heavy atom. The quantitative estimate of drug-likeness (QED) is 0.166. The van der Waals surface area contributed by atoms with Gasteiger partial charge in [-0.25, -0.2) is 0 Å². The number of furan rings is 1. The fourth-order valence-electron chi connectivity index (χ4n) is 5.63. The Morgan fingerprint density at radius 3 is 2.10 bits per heavy atom. The Hall–Kier alpha value is -4.89. The van der Waals surface area contributed by atoms with Crippen LogP contribution in [0.25, 0.3) is 66.4 Å². The summed E-state index contributed by atoms with van der Waals surface area (Å²) in [6.07, 6.45) is 1.69. The summed E-state index contributed by atoms with van der Waals surface area (Å²) in [5.74, 6) is 0. The largest absolute Gasteiger partial charge is 0.500 e. The number of hydrogen-bond acceptors (Lipinski definition) is 3. The summed E-state index contributed by atoms with van der Waals surface area (Å²) >= 11 is 0. The van der Waals surface area contributed by atoms with E-state index < -0.39 is 25.5 Å². The summed E-state index contributed by atoms with van der Waals surface area (Å²) in [5.41, 5.74) is 7.20. The first-order valence-electron chi connectivity index (χ1n) is 19.7. The van der Waals surface area contributed by atoms with Crippen LogP contribution < -0.4 is 0 Å². The van der Waals surface area contributed by atoms with Crippen molar-refractivity contribution in [2.75, 3.05) is 0 Å². The Balaban J connectivity index is 0.000000223. The van der Waals surface area contributed by atoms with Crippen LogP contribution >= 0.6 is 0 Å². The van der Waals surface area contributed by atoms with Gasteiger partial charge in [0, 0.05) is 48.9 Å². The van der Waals surface area contributed by atoms with E-state index in [9.17, 15) is 0 Å². The molecule has 3 nitrogen and oxygen atoms in total. The molecule has 3 heterocycles. The molecule has 3 aromatic heterocycles. The van der Waals surface area contributed by atoms with Gasteiger partial charge in [0.15, 0.2) is 0 Å². The van der Waals surface area contributed by atoms with Crippen molar-refractivity contribution in [3.8, 4) is 33.6 Å². The molecule has 0 aliphatic rings. The Morgan fingerprint density at radius 1 is 0.673 bits per heavy atom. The van der Waals surface area contributed by atoms with Gasteiger partial charge in [-0.1, -0.05) is 99.7 Å². The van der Waals surface area contributed by atoms with E-state index in [4.69, 9.17) is 15.4 Å². The Bertz CT molecular complexity index is 2610. The molecule has 0 unspecified atom stereocenters.